The monoisotopic (exact) mass is 138 g/mol. The van der Waals surface area contributed by atoms with Crippen molar-refractivity contribution in [3.8, 4) is 0 Å². The third kappa shape index (κ3) is 1.62. The van der Waals surface area contributed by atoms with Crippen LogP contribution >= 0.6 is 0 Å². The summed E-state index contributed by atoms with van der Waals surface area (Å²) in [5, 5.41) is 0. The van der Waals surface area contributed by atoms with Gasteiger partial charge >= 0.3 is 0 Å². The van der Waals surface area contributed by atoms with Crippen LogP contribution in [0.15, 0.2) is 11.6 Å². The van der Waals surface area contributed by atoms with Crippen LogP contribution in [0.1, 0.15) is 40.5 Å². The lowest BCUT2D eigenvalue weighted by molar-refractivity contribution is 0.357. The van der Waals surface area contributed by atoms with E-state index in [4.69, 9.17) is 0 Å². The minimum Gasteiger partial charge on any atom is -0.0797 e. The number of hydrogen-bond donors (Lipinski definition) is 0. The summed E-state index contributed by atoms with van der Waals surface area (Å²) in [5.41, 5.74) is 2.05. The molecule has 0 aromatic carbocycles. The van der Waals surface area contributed by atoms with Crippen molar-refractivity contribution in [3.63, 3.8) is 0 Å². The molecule has 0 aliphatic heterocycles. The molecule has 0 saturated carbocycles. The maximum absolute atomic E-state index is 2.43. The van der Waals surface area contributed by atoms with E-state index in [1.54, 1.807) is 5.57 Å². The lowest BCUT2D eigenvalue weighted by Gasteiger charge is -2.30. The van der Waals surface area contributed by atoms with E-state index < -0.39 is 0 Å². The van der Waals surface area contributed by atoms with E-state index in [9.17, 15) is 0 Å². The molecule has 0 heteroatoms. The first-order chi connectivity index (χ1) is 4.51. The molecule has 0 bridgehead atoms. The highest BCUT2D eigenvalue weighted by Crippen LogP contribution is 2.35. The van der Waals surface area contributed by atoms with Crippen LogP contribution in [0.2, 0.25) is 0 Å². The fourth-order valence-corrected chi connectivity index (χ4v) is 1.65. The van der Waals surface area contributed by atoms with E-state index in [0.29, 0.717) is 5.41 Å². The molecule has 1 aliphatic rings. The molecule has 0 fully saturated rings. The molecular formula is C10H18. The van der Waals surface area contributed by atoms with E-state index >= 15 is 0 Å². The quantitative estimate of drug-likeness (QED) is 0.450. The maximum atomic E-state index is 2.43. The van der Waals surface area contributed by atoms with E-state index in [1.807, 2.05) is 0 Å². The van der Waals surface area contributed by atoms with Gasteiger partial charge in [0.2, 0.25) is 0 Å². The van der Waals surface area contributed by atoms with E-state index in [0.717, 1.165) is 5.92 Å². The van der Waals surface area contributed by atoms with Gasteiger partial charge in [0.05, 0.1) is 0 Å². The molecule has 1 rings (SSSR count). The maximum Gasteiger partial charge on any atom is -0.0172 e. The summed E-state index contributed by atoms with van der Waals surface area (Å²) in [5.74, 6) is 0.827. The molecule has 10 heavy (non-hydrogen) atoms. The van der Waals surface area contributed by atoms with Crippen LogP contribution < -0.4 is 0 Å². The van der Waals surface area contributed by atoms with Gasteiger partial charge in [0.15, 0.2) is 0 Å². The molecule has 0 aromatic rings. The minimum absolute atomic E-state index is 0.469. The largest absolute Gasteiger partial charge is 0.0797 e. The average Bonchev–Trinajstić information content (AvgIpc) is 1.79. The second-order valence-corrected chi connectivity index (χ2v) is 4.32. The predicted molar refractivity (Wildman–Crippen MR) is 45.9 cm³/mol. The lowest BCUT2D eigenvalue weighted by Crippen LogP contribution is -2.16. The van der Waals surface area contributed by atoms with Crippen molar-refractivity contribution in [2.45, 2.75) is 40.5 Å². The van der Waals surface area contributed by atoms with Crippen LogP contribution in [-0.4, -0.2) is 0 Å². The minimum atomic E-state index is 0.469. The van der Waals surface area contributed by atoms with E-state index in [1.165, 1.54) is 12.8 Å². The number of allylic oxidation sites excluding steroid dienone is 2. The zero-order valence-corrected chi connectivity index (χ0v) is 7.57. The van der Waals surface area contributed by atoms with Gasteiger partial charge < -0.3 is 0 Å². The Morgan fingerprint density at radius 1 is 1.50 bits per heavy atom. The number of hydrogen-bond acceptors (Lipinski definition) is 0. The van der Waals surface area contributed by atoms with Crippen LogP contribution in [0.5, 0.6) is 0 Å². The van der Waals surface area contributed by atoms with Gasteiger partial charge in [-0.05, 0) is 31.1 Å². The molecule has 0 heterocycles. The zero-order chi connectivity index (χ0) is 7.78. The summed E-state index contributed by atoms with van der Waals surface area (Å²) in [6, 6.07) is 0. The standard InChI is InChI=1S/C10H18/c1-8-5-6-10(3,4)7-9(8)2/h7-8H,5-6H2,1-4H3. The van der Waals surface area contributed by atoms with E-state index in [2.05, 4.69) is 33.8 Å². The molecule has 0 spiro atoms. The van der Waals surface area contributed by atoms with Crippen molar-refractivity contribution in [3.05, 3.63) is 11.6 Å². The Bertz CT molecular complexity index is 151. The first-order valence-electron chi connectivity index (χ1n) is 4.21. The zero-order valence-electron chi connectivity index (χ0n) is 7.57. The van der Waals surface area contributed by atoms with Crippen LogP contribution in [0.3, 0.4) is 0 Å². The Hall–Kier alpha value is -0.260. The third-order valence-electron chi connectivity index (χ3n) is 2.62. The molecule has 0 radical (unpaired) electrons. The third-order valence-corrected chi connectivity index (χ3v) is 2.62. The van der Waals surface area contributed by atoms with E-state index in [-0.39, 0.29) is 0 Å². The van der Waals surface area contributed by atoms with Crippen molar-refractivity contribution in [2.75, 3.05) is 0 Å². The molecule has 58 valence electrons. The highest BCUT2D eigenvalue weighted by molar-refractivity contribution is 5.11. The predicted octanol–water partition coefficient (Wildman–Crippen LogP) is 3.39. The summed E-state index contributed by atoms with van der Waals surface area (Å²) in [6.07, 6.45) is 5.15. The van der Waals surface area contributed by atoms with Crippen molar-refractivity contribution in [2.24, 2.45) is 11.3 Å². The Kier molecular flexibility index (Phi) is 1.89. The number of rotatable bonds is 0. The fourth-order valence-electron chi connectivity index (χ4n) is 1.65. The molecule has 1 aliphatic carbocycles. The van der Waals surface area contributed by atoms with Crippen LogP contribution in [-0.2, 0) is 0 Å². The van der Waals surface area contributed by atoms with Crippen molar-refractivity contribution < 1.29 is 0 Å². The van der Waals surface area contributed by atoms with Crippen molar-refractivity contribution >= 4 is 0 Å². The topological polar surface area (TPSA) is 0 Å². The van der Waals surface area contributed by atoms with Gasteiger partial charge in [0.25, 0.3) is 0 Å². The average molecular weight is 138 g/mol. The molecule has 0 N–H and O–H groups in total. The Balaban J connectivity index is 2.76. The second-order valence-electron chi connectivity index (χ2n) is 4.32. The molecule has 0 amide bonds. The van der Waals surface area contributed by atoms with Gasteiger partial charge in [0, 0.05) is 0 Å². The highest BCUT2D eigenvalue weighted by atomic mass is 14.3. The van der Waals surface area contributed by atoms with Crippen LogP contribution in [0.4, 0.5) is 0 Å². The van der Waals surface area contributed by atoms with Gasteiger partial charge in [-0.25, -0.2) is 0 Å². The molecule has 0 aromatic heterocycles. The summed E-state index contributed by atoms with van der Waals surface area (Å²) < 4.78 is 0. The van der Waals surface area contributed by atoms with Crippen molar-refractivity contribution in [1.82, 2.24) is 0 Å². The Morgan fingerprint density at radius 3 is 2.50 bits per heavy atom. The molecule has 1 atom stereocenters. The highest BCUT2D eigenvalue weighted by Gasteiger charge is 2.22. The fraction of sp³-hybridized carbons (Fsp3) is 0.800. The van der Waals surface area contributed by atoms with Crippen molar-refractivity contribution in [1.29, 1.82) is 0 Å². The normalized spacial score (nSPS) is 31.6. The Morgan fingerprint density at radius 2 is 2.10 bits per heavy atom. The van der Waals surface area contributed by atoms with Gasteiger partial charge in [-0.3, -0.25) is 0 Å². The first-order valence-corrected chi connectivity index (χ1v) is 4.21. The van der Waals surface area contributed by atoms with Gasteiger partial charge in [-0.1, -0.05) is 32.4 Å². The van der Waals surface area contributed by atoms with Crippen LogP contribution in [0.25, 0.3) is 0 Å². The summed E-state index contributed by atoms with van der Waals surface area (Å²) in [6.45, 7) is 9.22. The summed E-state index contributed by atoms with van der Waals surface area (Å²) >= 11 is 0. The second kappa shape index (κ2) is 2.41. The van der Waals surface area contributed by atoms with Gasteiger partial charge in [0.1, 0.15) is 0 Å². The molecule has 0 saturated heterocycles. The Labute approximate surface area is 64.3 Å². The molecular weight excluding hydrogens is 120 g/mol. The SMILES string of the molecule is CC1=CC(C)(C)CCC1C. The van der Waals surface area contributed by atoms with Crippen LogP contribution in [0, 0.1) is 11.3 Å². The lowest BCUT2D eigenvalue weighted by atomic mass is 9.76. The van der Waals surface area contributed by atoms with Gasteiger partial charge in [-0.15, -0.1) is 0 Å². The molecule has 0 nitrogen and oxygen atoms in total. The summed E-state index contributed by atoms with van der Waals surface area (Å²) in [4.78, 5) is 0. The first kappa shape index (κ1) is 7.84. The van der Waals surface area contributed by atoms with Gasteiger partial charge in [-0.2, -0.15) is 0 Å². The smallest absolute Gasteiger partial charge is 0.0172 e. The summed E-state index contributed by atoms with van der Waals surface area (Å²) in [7, 11) is 0. The molecule has 1 unspecified atom stereocenters.